The first kappa shape index (κ1) is 11.2. The largest absolute Gasteiger partial charge is 0.348 e. The Morgan fingerprint density at radius 2 is 1.90 bits per heavy atom. The maximum absolute atomic E-state index is 14.5. The Hall–Kier alpha value is -1.49. The van der Waals surface area contributed by atoms with Gasteiger partial charge in [0, 0.05) is 12.6 Å². The smallest absolute Gasteiger partial charge is 0.254 e. The number of benzene rings is 1. The van der Waals surface area contributed by atoms with Crippen molar-refractivity contribution < 1.29 is 15.0 Å². The summed E-state index contributed by atoms with van der Waals surface area (Å²) in [4.78, 5) is 11.9. The fourth-order valence-corrected chi connectivity index (χ4v) is 4.23. The standard InChI is InChI=1S/C15H16F2N2O/c16-10-3-11(17)14-9(6-19-15(14)20)13(10)12-7-1-2-8(12)5-18-4-7/h3,7-8,12,18H,1-2,4-6H2,(H,19,20)/t7-,8+,12?/i/hD. The Balaban J connectivity index is 1.89. The molecule has 2 heterocycles. The molecule has 3 atom stereocenters. The average Bonchev–Trinajstić information content (AvgIpc) is 2.85. The Kier molecular flexibility index (Phi) is 2.38. The van der Waals surface area contributed by atoms with Gasteiger partial charge >= 0.3 is 0 Å². The Morgan fingerprint density at radius 3 is 2.60 bits per heavy atom. The maximum Gasteiger partial charge on any atom is 0.254 e. The molecule has 4 rings (SSSR count). The predicted molar refractivity (Wildman–Crippen MR) is 69.4 cm³/mol. The van der Waals surface area contributed by atoms with Crippen LogP contribution in [0.2, 0.25) is 1.41 Å². The fraction of sp³-hybridized carbons (Fsp3) is 0.533. The highest BCUT2D eigenvalue weighted by Crippen LogP contribution is 2.48. The lowest BCUT2D eigenvalue weighted by Gasteiger charge is -2.32. The van der Waals surface area contributed by atoms with Gasteiger partial charge in [0.05, 0.1) is 5.56 Å². The number of amides is 1. The van der Waals surface area contributed by atoms with E-state index in [1.54, 1.807) is 0 Å². The predicted octanol–water partition coefficient (Wildman–Crippen LogP) is 1.92. The Labute approximate surface area is 117 Å². The Morgan fingerprint density at radius 1 is 1.20 bits per heavy atom. The first-order valence-electron chi connectivity index (χ1n) is 7.55. The number of hydrogen-bond acceptors (Lipinski definition) is 2. The van der Waals surface area contributed by atoms with Crippen molar-refractivity contribution in [3.8, 4) is 0 Å². The van der Waals surface area contributed by atoms with Gasteiger partial charge in [0.1, 0.15) is 11.6 Å². The van der Waals surface area contributed by atoms with Crippen LogP contribution >= 0.6 is 0 Å². The molecule has 1 aromatic rings. The summed E-state index contributed by atoms with van der Waals surface area (Å²) in [5.41, 5.74) is 0.791. The van der Waals surface area contributed by atoms with Crippen LogP contribution in [-0.4, -0.2) is 19.0 Å². The fourth-order valence-electron chi connectivity index (χ4n) is 4.23. The van der Waals surface area contributed by atoms with Gasteiger partial charge < -0.3 is 10.6 Å². The van der Waals surface area contributed by atoms with Crippen LogP contribution in [0.15, 0.2) is 6.07 Å². The second-order valence-corrected chi connectivity index (χ2v) is 6.01. The molecule has 0 radical (unpaired) electrons. The van der Waals surface area contributed by atoms with Crippen LogP contribution in [0.3, 0.4) is 0 Å². The van der Waals surface area contributed by atoms with Crippen molar-refractivity contribution in [2.24, 2.45) is 11.8 Å². The van der Waals surface area contributed by atoms with Gasteiger partial charge in [-0.05, 0) is 54.8 Å². The molecule has 0 aromatic heterocycles. The van der Waals surface area contributed by atoms with Gasteiger partial charge in [-0.3, -0.25) is 4.79 Å². The van der Waals surface area contributed by atoms with Gasteiger partial charge in [-0.2, -0.15) is 0 Å². The van der Waals surface area contributed by atoms with E-state index < -0.39 is 17.5 Å². The quantitative estimate of drug-likeness (QED) is 0.824. The van der Waals surface area contributed by atoms with Crippen molar-refractivity contribution in [3.05, 3.63) is 34.4 Å². The molecule has 2 aliphatic heterocycles. The molecule has 3 aliphatic rings. The topological polar surface area (TPSA) is 41.1 Å². The summed E-state index contributed by atoms with van der Waals surface area (Å²) < 4.78 is 36.0. The van der Waals surface area contributed by atoms with Crippen molar-refractivity contribution in [1.82, 2.24) is 10.6 Å². The van der Waals surface area contributed by atoms with Crippen molar-refractivity contribution in [2.45, 2.75) is 25.3 Å². The SMILES string of the molecule is [2H]N1Cc2c(c(F)cc(F)c2C2[C@@H]3CC[C@H]2CNC3)C1=O. The monoisotopic (exact) mass is 279 g/mol. The van der Waals surface area contributed by atoms with Gasteiger partial charge in [0.25, 0.3) is 5.91 Å². The number of halogens is 2. The number of carbonyl (C=O) groups excluding carboxylic acids is 1. The second kappa shape index (κ2) is 4.25. The lowest BCUT2D eigenvalue weighted by atomic mass is 9.78. The van der Waals surface area contributed by atoms with Gasteiger partial charge in [0.15, 0.2) is 1.41 Å². The van der Waals surface area contributed by atoms with Crippen molar-refractivity contribution in [2.75, 3.05) is 13.1 Å². The van der Waals surface area contributed by atoms with E-state index in [2.05, 4.69) is 5.32 Å². The van der Waals surface area contributed by atoms with Gasteiger partial charge in [-0.1, -0.05) is 0 Å². The number of rotatable bonds is 1. The van der Waals surface area contributed by atoms with E-state index in [4.69, 9.17) is 1.41 Å². The maximum atomic E-state index is 14.5. The van der Waals surface area contributed by atoms with Crippen LogP contribution in [0.1, 0.15) is 40.2 Å². The molecule has 2 N–H and O–H groups in total. The van der Waals surface area contributed by atoms with E-state index in [-0.39, 0.29) is 18.0 Å². The summed E-state index contributed by atoms with van der Waals surface area (Å²) in [6.07, 6.45) is 2.07. The van der Waals surface area contributed by atoms with Crippen LogP contribution in [0.25, 0.3) is 0 Å². The normalized spacial score (nSPS) is 32.5. The third-order valence-electron chi connectivity index (χ3n) is 5.04. The molecule has 2 fully saturated rings. The number of hydrogen-bond donors (Lipinski definition) is 2. The van der Waals surface area contributed by atoms with E-state index in [1.807, 2.05) is 0 Å². The molecule has 106 valence electrons. The van der Waals surface area contributed by atoms with E-state index in [1.165, 1.54) is 0 Å². The third-order valence-corrected chi connectivity index (χ3v) is 5.04. The van der Waals surface area contributed by atoms with Crippen molar-refractivity contribution in [3.63, 3.8) is 0 Å². The van der Waals surface area contributed by atoms with Crippen molar-refractivity contribution in [1.29, 1.82) is 0 Å². The summed E-state index contributed by atoms with van der Waals surface area (Å²) in [5.74, 6) is -1.35. The molecule has 1 aliphatic carbocycles. The van der Waals surface area contributed by atoms with Crippen LogP contribution < -0.4 is 10.6 Å². The highest BCUT2D eigenvalue weighted by Gasteiger charge is 2.43. The van der Waals surface area contributed by atoms with Crippen molar-refractivity contribution >= 4 is 5.91 Å². The molecule has 3 nitrogen and oxygen atoms in total. The van der Waals surface area contributed by atoms with Crippen LogP contribution in [0.4, 0.5) is 8.78 Å². The summed E-state index contributed by atoms with van der Waals surface area (Å²) in [6, 6.07) is 0.826. The molecule has 1 saturated carbocycles. The summed E-state index contributed by atoms with van der Waals surface area (Å²) in [6.45, 7) is 1.66. The first-order chi connectivity index (χ1) is 10.1. The van der Waals surface area contributed by atoms with Crippen LogP contribution in [0, 0.1) is 23.5 Å². The highest BCUT2D eigenvalue weighted by molar-refractivity contribution is 5.99. The molecule has 20 heavy (non-hydrogen) atoms. The van der Waals surface area contributed by atoms with E-state index in [0.29, 0.717) is 23.0 Å². The second-order valence-electron chi connectivity index (χ2n) is 6.01. The molecule has 0 spiro atoms. The van der Waals surface area contributed by atoms with E-state index >= 15 is 0 Å². The molecule has 1 unspecified atom stereocenters. The first-order valence-corrected chi connectivity index (χ1v) is 7.10. The third kappa shape index (κ3) is 1.56. The molecule has 5 heteroatoms. The molecule has 1 aromatic carbocycles. The lowest BCUT2D eigenvalue weighted by Crippen LogP contribution is -2.37. The Bertz CT molecular complexity index is 621. The number of piperidine rings is 1. The summed E-state index contributed by atoms with van der Waals surface area (Å²) >= 11 is 0. The minimum atomic E-state index is -0.840. The number of fused-ring (bicyclic) bond motifs is 3. The van der Waals surface area contributed by atoms with Gasteiger partial charge in [-0.25, -0.2) is 8.78 Å². The molecular weight excluding hydrogens is 262 g/mol. The minimum absolute atomic E-state index is 0.0124. The average molecular weight is 279 g/mol. The summed E-state index contributed by atoms with van der Waals surface area (Å²) in [5, 5.41) is 4.07. The van der Waals surface area contributed by atoms with E-state index in [0.717, 1.165) is 37.3 Å². The number of nitrogens with one attached hydrogen (secondary N) is 2. The van der Waals surface area contributed by atoms with Crippen LogP contribution in [-0.2, 0) is 6.54 Å². The molecule has 1 saturated heterocycles. The van der Waals surface area contributed by atoms with Crippen LogP contribution in [0.5, 0.6) is 0 Å². The van der Waals surface area contributed by atoms with E-state index in [9.17, 15) is 13.6 Å². The minimum Gasteiger partial charge on any atom is -0.348 e. The van der Waals surface area contributed by atoms with Gasteiger partial charge in [-0.15, -0.1) is 0 Å². The highest BCUT2D eigenvalue weighted by atomic mass is 19.1. The zero-order chi connectivity index (χ0) is 14.7. The summed E-state index contributed by atoms with van der Waals surface area (Å²) in [7, 11) is 0. The zero-order valence-electron chi connectivity index (χ0n) is 12.0. The van der Waals surface area contributed by atoms with Gasteiger partial charge in [0.2, 0.25) is 0 Å². The zero-order valence-corrected chi connectivity index (χ0v) is 11.0. The molecular formula is C15H16F2N2O. The molecule has 2 bridgehead atoms. The molecule has 1 amide bonds. The lowest BCUT2D eigenvalue weighted by molar-refractivity contribution is 0.0962. The number of carbonyl (C=O) groups is 1.